The first kappa shape index (κ1) is 26.0. The molecule has 1 heterocycles. The van der Waals surface area contributed by atoms with E-state index in [2.05, 4.69) is 0 Å². The maximum absolute atomic E-state index is 14.1. The first-order valence-corrected chi connectivity index (χ1v) is 12.2. The molecule has 3 rings (SSSR count). The number of piperidine rings is 1. The highest BCUT2D eigenvalue weighted by atomic mass is 35.5. The molecular formula is C26H33Cl2NO4. The number of benzene rings is 2. The minimum Gasteiger partial charge on any atom is -0.394 e. The Hall–Kier alpha value is -1.63. The van der Waals surface area contributed by atoms with Crippen LogP contribution >= 0.6 is 23.2 Å². The van der Waals surface area contributed by atoms with Crippen LogP contribution in [0.1, 0.15) is 63.1 Å². The fraction of sp³-hybridized carbons (Fsp3) is 0.500. The lowest BCUT2D eigenvalue weighted by atomic mass is 9.66. The van der Waals surface area contributed by atoms with Crippen molar-refractivity contribution in [2.75, 3.05) is 6.61 Å². The molecule has 0 aromatic heterocycles. The van der Waals surface area contributed by atoms with Crippen molar-refractivity contribution in [3.05, 3.63) is 69.7 Å². The number of halogens is 2. The number of nitrogens with zero attached hydrogens (tertiary/aromatic N) is 1. The van der Waals surface area contributed by atoms with Crippen LogP contribution in [0.25, 0.3) is 0 Å². The van der Waals surface area contributed by atoms with Gasteiger partial charge in [0.2, 0.25) is 5.91 Å². The van der Waals surface area contributed by atoms with Crippen LogP contribution in [0.3, 0.4) is 0 Å². The summed E-state index contributed by atoms with van der Waals surface area (Å²) in [4.78, 5) is 15.9. The van der Waals surface area contributed by atoms with Crippen molar-refractivity contribution in [1.29, 1.82) is 0 Å². The van der Waals surface area contributed by atoms with Crippen LogP contribution in [-0.4, -0.2) is 51.0 Å². The molecule has 1 amide bonds. The molecule has 180 valence electrons. The minimum atomic E-state index is -1.01. The van der Waals surface area contributed by atoms with Crippen molar-refractivity contribution in [2.24, 2.45) is 5.41 Å². The number of likely N-dealkylation sites (tertiary alicyclic amines) is 1. The molecule has 33 heavy (non-hydrogen) atoms. The maximum Gasteiger partial charge on any atom is 0.229 e. The summed E-state index contributed by atoms with van der Waals surface area (Å²) in [6.07, 6.45) is -0.615. The molecule has 6 atom stereocenters. The monoisotopic (exact) mass is 493 g/mol. The molecule has 3 N–H and O–H groups in total. The van der Waals surface area contributed by atoms with Gasteiger partial charge in [-0.1, -0.05) is 61.3 Å². The summed E-state index contributed by atoms with van der Waals surface area (Å²) in [6, 6.07) is 14.3. The second-order valence-corrected chi connectivity index (χ2v) is 10.3. The topological polar surface area (TPSA) is 81.0 Å². The Morgan fingerprint density at radius 2 is 1.76 bits per heavy atom. The lowest BCUT2D eigenvalue weighted by Crippen LogP contribution is -2.58. The number of rotatable bonds is 8. The van der Waals surface area contributed by atoms with Gasteiger partial charge in [-0.3, -0.25) is 4.79 Å². The summed E-state index contributed by atoms with van der Waals surface area (Å²) in [5.74, 6) is -0.285. The zero-order valence-corrected chi connectivity index (χ0v) is 20.8. The molecule has 0 bridgehead atoms. The Kier molecular flexibility index (Phi) is 8.46. The minimum absolute atomic E-state index is 0.124. The predicted molar refractivity (Wildman–Crippen MR) is 131 cm³/mol. The van der Waals surface area contributed by atoms with Crippen LogP contribution in [0.15, 0.2) is 48.5 Å². The normalized spacial score (nSPS) is 26.2. The molecule has 2 aromatic carbocycles. The molecule has 1 fully saturated rings. The van der Waals surface area contributed by atoms with Gasteiger partial charge in [-0.2, -0.15) is 0 Å². The van der Waals surface area contributed by atoms with E-state index >= 15 is 0 Å². The van der Waals surface area contributed by atoms with Crippen LogP contribution < -0.4 is 0 Å². The van der Waals surface area contributed by atoms with Gasteiger partial charge in [-0.05, 0) is 61.6 Å². The molecule has 7 heteroatoms. The first-order valence-electron chi connectivity index (χ1n) is 11.4. The SMILES string of the molecule is CC[C@@H]([C@H](C)O)N1C(=O)[C@@](C)(C[C@@H](O)CO)C[C@H](c2cccc(Cl)c2)[C@H]1c1ccc(Cl)cc1. The quantitative estimate of drug-likeness (QED) is 0.485. The summed E-state index contributed by atoms with van der Waals surface area (Å²) in [7, 11) is 0. The molecule has 2 aromatic rings. The number of hydrogen-bond donors (Lipinski definition) is 3. The fourth-order valence-electron chi connectivity index (χ4n) is 5.29. The van der Waals surface area contributed by atoms with E-state index in [1.807, 2.05) is 50.2 Å². The van der Waals surface area contributed by atoms with Crippen molar-refractivity contribution in [3.8, 4) is 0 Å². The van der Waals surface area contributed by atoms with Crippen molar-refractivity contribution in [2.45, 2.75) is 70.2 Å². The number of carbonyl (C=O) groups excluding carboxylic acids is 1. The average Bonchev–Trinajstić information content (AvgIpc) is 2.77. The zero-order valence-electron chi connectivity index (χ0n) is 19.3. The maximum atomic E-state index is 14.1. The highest BCUT2D eigenvalue weighted by Crippen LogP contribution is 2.52. The largest absolute Gasteiger partial charge is 0.394 e. The van der Waals surface area contributed by atoms with E-state index in [-0.39, 0.29) is 24.3 Å². The highest BCUT2D eigenvalue weighted by Gasteiger charge is 2.52. The molecular weight excluding hydrogens is 461 g/mol. The number of amides is 1. The van der Waals surface area contributed by atoms with E-state index in [1.54, 1.807) is 24.0 Å². The van der Waals surface area contributed by atoms with Gasteiger partial charge in [-0.15, -0.1) is 0 Å². The van der Waals surface area contributed by atoms with Gasteiger partial charge in [0.05, 0.1) is 30.9 Å². The molecule has 0 saturated carbocycles. The van der Waals surface area contributed by atoms with Crippen molar-refractivity contribution in [3.63, 3.8) is 0 Å². The Morgan fingerprint density at radius 3 is 2.30 bits per heavy atom. The summed E-state index contributed by atoms with van der Waals surface area (Å²) >= 11 is 12.5. The first-order chi connectivity index (χ1) is 15.6. The molecule has 1 aliphatic rings. The summed E-state index contributed by atoms with van der Waals surface area (Å²) in [5.41, 5.74) is 0.965. The van der Waals surface area contributed by atoms with E-state index in [0.29, 0.717) is 22.9 Å². The highest BCUT2D eigenvalue weighted by molar-refractivity contribution is 6.30. The third-order valence-electron chi connectivity index (χ3n) is 6.82. The molecule has 0 aliphatic carbocycles. The summed E-state index contributed by atoms with van der Waals surface area (Å²) < 4.78 is 0. The molecule has 1 saturated heterocycles. The lowest BCUT2D eigenvalue weighted by Gasteiger charge is -2.53. The van der Waals surface area contributed by atoms with E-state index in [4.69, 9.17) is 23.2 Å². The molecule has 0 unspecified atom stereocenters. The summed E-state index contributed by atoms with van der Waals surface area (Å²) in [5, 5.41) is 31.7. The zero-order chi connectivity index (χ0) is 24.3. The Labute approximate surface area is 206 Å². The van der Waals surface area contributed by atoms with E-state index in [0.717, 1.165) is 11.1 Å². The number of aliphatic hydroxyl groups is 3. The average molecular weight is 494 g/mol. The van der Waals surface area contributed by atoms with Crippen LogP contribution in [0.2, 0.25) is 10.0 Å². The van der Waals surface area contributed by atoms with Gasteiger partial charge in [0.25, 0.3) is 0 Å². The van der Waals surface area contributed by atoms with E-state index < -0.39 is 30.3 Å². The van der Waals surface area contributed by atoms with Gasteiger partial charge in [0, 0.05) is 21.4 Å². The molecule has 0 radical (unpaired) electrons. The second-order valence-electron chi connectivity index (χ2n) is 9.39. The second kappa shape index (κ2) is 10.7. The van der Waals surface area contributed by atoms with Gasteiger partial charge in [0.1, 0.15) is 0 Å². The smallest absolute Gasteiger partial charge is 0.229 e. The lowest BCUT2D eigenvalue weighted by molar-refractivity contribution is -0.161. The molecule has 0 spiro atoms. The van der Waals surface area contributed by atoms with Crippen molar-refractivity contribution in [1.82, 2.24) is 4.90 Å². The van der Waals surface area contributed by atoms with Crippen LogP contribution in [0, 0.1) is 5.41 Å². The van der Waals surface area contributed by atoms with Crippen molar-refractivity contribution < 1.29 is 20.1 Å². The Balaban J connectivity index is 2.23. The van der Waals surface area contributed by atoms with Crippen LogP contribution in [0.5, 0.6) is 0 Å². The van der Waals surface area contributed by atoms with Crippen LogP contribution in [0.4, 0.5) is 0 Å². The number of carbonyl (C=O) groups is 1. The van der Waals surface area contributed by atoms with Gasteiger partial charge >= 0.3 is 0 Å². The van der Waals surface area contributed by atoms with Crippen molar-refractivity contribution >= 4 is 29.1 Å². The fourth-order valence-corrected chi connectivity index (χ4v) is 5.61. The van der Waals surface area contributed by atoms with Gasteiger partial charge in [0.15, 0.2) is 0 Å². The van der Waals surface area contributed by atoms with E-state index in [1.165, 1.54) is 0 Å². The van der Waals surface area contributed by atoms with E-state index in [9.17, 15) is 20.1 Å². The Bertz CT molecular complexity index is 952. The van der Waals surface area contributed by atoms with Crippen LogP contribution in [-0.2, 0) is 4.79 Å². The molecule has 5 nitrogen and oxygen atoms in total. The number of hydrogen-bond acceptors (Lipinski definition) is 4. The van der Waals surface area contributed by atoms with Gasteiger partial charge in [-0.25, -0.2) is 0 Å². The Morgan fingerprint density at radius 1 is 1.09 bits per heavy atom. The third-order valence-corrected chi connectivity index (χ3v) is 7.31. The molecule has 1 aliphatic heterocycles. The third kappa shape index (κ3) is 5.55. The standard InChI is InChI=1S/C26H33Cl2NO4/c1-4-23(16(2)31)29-24(17-8-10-19(27)11-9-17)22(18-6-5-7-20(28)12-18)14-26(3,25(29)33)13-21(32)15-30/h5-12,16,21-24,30-32H,4,13-15H2,1-3H3/t16-,21+,22+,23-,24+,26-/m0/s1. The van der Waals surface area contributed by atoms with Gasteiger partial charge < -0.3 is 20.2 Å². The summed E-state index contributed by atoms with van der Waals surface area (Å²) in [6.45, 7) is 5.07. The predicted octanol–water partition coefficient (Wildman–Crippen LogP) is 4.96. The number of aliphatic hydroxyl groups excluding tert-OH is 3.